The first kappa shape index (κ1) is 25.3. The maximum atomic E-state index is 13.2. The molecule has 0 radical (unpaired) electrons. The minimum absolute atomic E-state index is 0.00873. The number of hydrogen-bond acceptors (Lipinski definition) is 6. The molecule has 4 saturated carbocycles. The predicted molar refractivity (Wildman–Crippen MR) is 132 cm³/mol. The van der Waals surface area contributed by atoms with E-state index in [0.717, 1.165) is 37.7 Å². The van der Waals surface area contributed by atoms with Crippen molar-refractivity contribution in [3.05, 3.63) is 23.5 Å². The van der Waals surface area contributed by atoms with Crippen molar-refractivity contribution in [3.8, 4) is 0 Å². The van der Waals surface area contributed by atoms with Gasteiger partial charge < -0.3 is 19.7 Å². The van der Waals surface area contributed by atoms with Crippen LogP contribution in [0.1, 0.15) is 85.5 Å². The van der Waals surface area contributed by atoms with E-state index in [4.69, 9.17) is 9.47 Å². The van der Waals surface area contributed by atoms with Gasteiger partial charge in [-0.15, -0.1) is 0 Å². The molecule has 2 N–H and O–H groups in total. The van der Waals surface area contributed by atoms with E-state index in [1.54, 1.807) is 6.08 Å². The van der Waals surface area contributed by atoms with Gasteiger partial charge in [0.25, 0.3) is 0 Å². The molecule has 7 nitrogen and oxygen atoms in total. The number of rotatable bonds is 3. The highest BCUT2D eigenvalue weighted by Gasteiger charge is 2.72. The Morgan fingerprint density at radius 1 is 1.03 bits per heavy atom. The topological polar surface area (TPSA) is 110 Å². The highest BCUT2D eigenvalue weighted by molar-refractivity contribution is 5.99. The second-order valence-electron chi connectivity index (χ2n) is 12.6. The SMILES string of the molecule is CC1C[C@H]2[C@@H]3CCC4=CC(O)=CC(=O)[C@]4(C)[C@H]3CC[C@]2(C)C1(OC(=O)O[C@H]1CCCC[C@H]1C)C(=O)O. The second-order valence-corrected chi connectivity index (χ2v) is 12.6. The van der Waals surface area contributed by atoms with E-state index in [9.17, 15) is 24.6 Å². The highest BCUT2D eigenvalue weighted by Crippen LogP contribution is 2.69. The Kier molecular flexibility index (Phi) is 6.07. The molecule has 0 amide bonds. The molecule has 2 unspecified atom stereocenters. The molecule has 0 aromatic carbocycles. The van der Waals surface area contributed by atoms with E-state index >= 15 is 0 Å². The number of carboxylic acid groups (broad SMARTS) is 1. The van der Waals surface area contributed by atoms with E-state index in [0.29, 0.717) is 25.7 Å². The average Bonchev–Trinajstić information content (AvgIpc) is 3.04. The van der Waals surface area contributed by atoms with Gasteiger partial charge >= 0.3 is 12.1 Å². The van der Waals surface area contributed by atoms with Gasteiger partial charge in [-0.05, 0) is 88.0 Å². The molecule has 0 heterocycles. The summed E-state index contributed by atoms with van der Waals surface area (Å²) < 4.78 is 11.7. The van der Waals surface area contributed by atoms with Gasteiger partial charge in [0, 0.05) is 17.4 Å². The molecule has 9 atom stereocenters. The number of fused-ring (bicyclic) bond motifs is 5. The van der Waals surface area contributed by atoms with Crippen LogP contribution >= 0.6 is 0 Å². The molecular weight excluding hydrogens is 460 g/mol. The average molecular weight is 501 g/mol. The zero-order valence-corrected chi connectivity index (χ0v) is 21.9. The minimum Gasteiger partial charge on any atom is -0.508 e. The zero-order valence-electron chi connectivity index (χ0n) is 21.9. The zero-order chi connectivity index (χ0) is 26.0. The number of aliphatic carboxylic acids is 1. The summed E-state index contributed by atoms with van der Waals surface area (Å²) in [4.78, 5) is 39.3. The van der Waals surface area contributed by atoms with Crippen LogP contribution in [0.5, 0.6) is 0 Å². The molecule has 0 spiro atoms. The predicted octanol–water partition coefficient (Wildman–Crippen LogP) is 5.98. The Bertz CT molecular complexity index is 1030. The lowest BCUT2D eigenvalue weighted by Gasteiger charge is -2.57. The lowest BCUT2D eigenvalue weighted by atomic mass is 9.46. The number of ketones is 1. The summed E-state index contributed by atoms with van der Waals surface area (Å²) in [7, 11) is 0. The van der Waals surface area contributed by atoms with Crippen molar-refractivity contribution >= 4 is 17.9 Å². The largest absolute Gasteiger partial charge is 0.509 e. The van der Waals surface area contributed by atoms with Gasteiger partial charge in [-0.3, -0.25) is 4.79 Å². The normalized spacial score (nSPS) is 45.9. The van der Waals surface area contributed by atoms with Gasteiger partial charge in [0.1, 0.15) is 11.9 Å². The molecule has 0 aliphatic heterocycles. The van der Waals surface area contributed by atoms with E-state index in [2.05, 4.69) is 6.92 Å². The van der Waals surface area contributed by atoms with Crippen LogP contribution in [0.2, 0.25) is 0 Å². The Labute approximate surface area is 213 Å². The van der Waals surface area contributed by atoms with E-state index < -0.39 is 28.6 Å². The Balaban J connectivity index is 1.44. The van der Waals surface area contributed by atoms with E-state index in [-0.39, 0.29) is 47.2 Å². The molecule has 5 aliphatic rings. The summed E-state index contributed by atoms with van der Waals surface area (Å²) >= 11 is 0. The molecule has 36 heavy (non-hydrogen) atoms. The summed E-state index contributed by atoms with van der Waals surface area (Å²) in [6.45, 7) is 7.91. The summed E-state index contributed by atoms with van der Waals surface area (Å²) in [5, 5.41) is 20.7. The van der Waals surface area contributed by atoms with Crippen LogP contribution in [0.25, 0.3) is 0 Å². The molecular formula is C29H40O7. The number of allylic oxidation sites excluding steroid dienone is 3. The van der Waals surface area contributed by atoms with Gasteiger partial charge in [-0.25, -0.2) is 9.59 Å². The van der Waals surface area contributed by atoms with E-state index in [1.165, 1.54) is 6.08 Å². The van der Waals surface area contributed by atoms with Crippen LogP contribution in [0.3, 0.4) is 0 Å². The quantitative estimate of drug-likeness (QED) is 0.459. The summed E-state index contributed by atoms with van der Waals surface area (Å²) in [5.41, 5.74) is -2.12. The molecule has 0 bridgehead atoms. The van der Waals surface area contributed by atoms with Gasteiger partial charge in [0.15, 0.2) is 5.78 Å². The summed E-state index contributed by atoms with van der Waals surface area (Å²) in [6.07, 6.45) is 9.23. The van der Waals surface area contributed by atoms with Gasteiger partial charge in [0.05, 0.1) is 5.41 Å². The van der Waals surface area contributed by atoms with Crippen LogP contribution < -0.4 is 0 Å². The first-order valence-electron chi connectivity index (χ1n) is 13.7. The van der Waals surface area contributed by atoms with Crippen molar-refractivity contribution in [2.24, 2.45) is 40.4 Å². The van der Waals surface area contributed by atoms with Crippen molar-refractivity contribution in [1.29, 1.82) is 0 Å². The maximum Gasteiger partial charge on any atom is 0.509 e. The van der Waals surface area contributed by atoms with Crippen LogP contribution in [0.15, 0.2) is 23.5 Å². The van der Waals surface area contributed by atoms with Crippen molar-refractivity contribution < 1.29 is 34.1 Å². The van der Waals surface area contributed by atoms with Crippen molar-refractivity contribution in [3.63, 3.8) is 0 Å². The fourth-order valence-corrected chi connectivity index (χ4v) is 9.07. The Morgan fingerprint density at radius 3 is 2.44 bits per heavy atom. The molecule has 4 fully saturated rings. The van der Waals surface area contributed by atoms with Crippen LogP contribution in [0, 0.1) is 40.4 Å². The molecule has 198 valence electrons. The van der Waals surface area contributed by atoms with Crippen molar-refractivity contribution in [2.45, 2.75) is 97.2 Å². The number of aliphatic hydroxyl groups excluding tert-OH is 1. The van der Waals surface area contributed by atoms with E-state index in [1.807, 2.05) is 20.8 Å². The summed E-state index contributed by atoms with van der Waals surface area (Å²) in [6, 6.07) is 0. The third kappa shape index (κ3) is 3.40. The number of ether oxygens (including phenoxy) is 2. The van der Waals surface area contributed by atoms with Gasteiger partial charge in [-0.1, -0.05) is 32.8 Å². The molecule has 0 aromatic heterocycles. The lowest BCUT2D eigenvalue weighted by Crippen LogP contribution is -2.61. The number of carbonyl (C=O) groups is 3. The molecule has 0 aromatic rings. The van der Waals surface area contributed by atoms with Crippen molar-refractivity contribution in [2.75, 3.05) is 0 Å². The highest BCUT2D eigenvalue weighted by atomic mass is 16.7. The minimum atomic E-state index is -1.66. The molecule has 5 rings (SSSR count). The Hall–Kier alpha value is -2.31. The maximum absolute atomic E-state index is 13.2. The molecule has 5 aliphatic carbocycles. The third-order valence-electron chi connectivity index (χ3n) is 11.1. The Morgan fingerprint density at radius 2 is 1.75 bits per heavy atom. The van der Waals surface area contributed by atoms with Crippen LogP contribution in [-0.4, -0.2) is 39.8 Å². The van der Waals surface area contributed by atoms with Gasteiger partial charge in [0.2, 0.25) is 5.60 Å². The number of hydrogen-bond donors (Lipinski definition) is 2. The van der Waals surface area contributed by atoms with Crippen LogP contribution in [-0.2, 0) is 19.1 Å². The van der Waals surface area contributed by atoms with Crippen molar-refractivity contribution in [1.82, 2.24) is 0 Å². The monoisotopic (exact) mass is 500 g/mol. The fraction of sp³-hybridized carbons (Fsp3) is 0.759. The smallest absolute Gasteiger partial charge is 0.508 e. The number of carboxylic acids is 1. The van der Waals surface area contributed by atoms with Gasteiger partial charge in [-0.2, -0.15) is 0 Å². The number of carbonyl (C=O) groups excluding carboxylic acids is 2. The third-order valence-corrected chi connectivity index (χ3v) is 11.1. The summed E-state index contributed by atoms with van der Waals surface area (Å²) in [5.74, 6) is -1.07. The second kappa shape index (κ2) is 8.63. The lowest BCUT2D eigenvalue weighted by molar-refractivity contribution is -0.194. The molecule has 0 saturated heterocycles. The fourth-order valence-electron chi connectivity index (χ4n) is 9.07. The molecule has 7 heteroatoms. The standard InChI is InChI=1S/C29H40O7/c1-16-7-5-6-8-23(16)35-26(34)36-29(25(32)33)17(2)13-22-20-10-9-18-14-19(30)15-24(31)28(18,4)21(20)11-12-27(22,29)3/h14-17,20-23,30H,5-13H2,1-4H3,(H,32,33)/t16-,17?,20-,21+,22+,23+,27+,28+,29?/m1/s1. The first-order valence-corrected chi connectivity index (χ1v) is 13.7. The first-order chi connectivity index (χ1) is 16.9. The van der Waals surface area contributed by atoms with Crippen LogP contribution in [0.4, 0.5) is 4.79 Å². The number of aliphatic hydroxyl groups is 1.